The number of carbonyl (C=O) groups is 1. The zero-order valence-corrected chi connectivity index (χ0v) is 11.7. The summed E-state index contributed by atoms with van der Waals surface area (Å²) < 4.78 is 0. The summed E-state index contributed by atoms with van der Waals surface area (Å²) in [6, 6.07) is 2.71. The van der Waals surface area contributed by atoms with Gasteiger partial charge in [0.15, 0.2) is 0 Å². The number of rotatable bonds is 3. The molecular formula is C14H24N4O. The third-order valence-corrected chi connectivity index (χ3v) is 4.29. The van der Waals surface area contributed by atoms with Gasteiger partial charge in [-0.1, -0.05) is 19.3 Å². The summed E-state index contributed by atoms with van der Waals surface area (Å²) in [5, 5.41) is 15.7. The van der Waals surface area contributed by atoms with E-state index in [1.807, 2.05) is 0 Å². The Morgan fingerprint density at radius 1 is 1.47 bits per heavy atom. The predicted octanol–water partition coefficient (Wildman–Crippen LogP) is 0.623. The number of hydrogen-bond donors (Lipinski definition) is 2. The van der Waals surface area contributed by atoms with Gasteiger partial charge in [0.2, 0.25) is 5.91 Å². The van der Waals surface area contributed by atoms with Crippen molar-refractivity contribution in [2.45, 2.75) is 50.6 Å². The minimum Gasteiger partial charge on any atom is -0.337 e. The SMILES string of the molecule is CC1CNCCN1CC(=O)NC1(C#N)CCCCC1. The average Bonchev–Trinajstić information content (AvgIpc) is 2.42. The van der Waals surface area contributed by atoms with Gasteiger partial charge in [-0.2, -0.15) is 5.26 Å². The molecule has 1 saturated heterocycles. The normalized spacial score (nSPS) is 27.5. The number of amides is 1. The molecule has 106 valence electrons. The van der Waals surface area contributed by atoms with E-state index in [1.54, 1.807) is 0 Å². The van der Waals surface area contributed by atoms with Gasteiger partial charge < -0.3 is 10.6 Å². The van der Waals surface area contributed by atoms with Gasteiger partial charge in [0.05, 0.1) is 12.6 Å². The lowest BCUT2D eigenvalue weighted by Crippen LogP contribution is -2.56. The van der Waals surface area contributed by atoms with Crippen molar-refractivity contribution in [3.63, 3.8) is 0 Å². The molecule has 2 fully saturated rings. The van der Waals surface area contributed by atoms with Gasteiger partial charge in [-0.05, 0) is 19.8 Å². The van der Waals surface area contributed by atoms with E-state index >= 15 is 0 Å². The molecule has 0 spiro atoms. The second-order valence-corrected chi connectivity index (χ2v) is 5.83. The van der Waals surface area contributed by atoms with Crippen LogP contribution in [0.15, 0.2) is 0 Å². The van der Waals surface area contributed by atoms with Crippen molar-refractivity contribution in [2.75, 3.05) is 26.2 Å². The minimum absolute atomic E-state index is 0.00259. The van der Waals surface area contributed by atoms with Crippen molar-refractivity contribution in [3.05, 3.63) is 0 Å². The first-order valence-corrected chi connectivity index (χ1v) is 7.32. The summed E-state index contributed by atoms with van der Waals surface area (Å²) in [4.78, 5) is 14.3. The van der Waals surface area contributed by atoms with Crippen LogP contribution in [0.2, 0.25) is 0 Å². The maximum absolute atomic E-state index is 12.2. The molecule has 1 aliphatic carbocycles. The summed E-state index contributed by atoms with van der Waals surface area (Å²) in [6.45, 7) is 5.29. The van der Waals surface area contributed by atoms with Crippen LogP contribution in [-0.4, -0.2) is 48.6 Å². The van der Waals surface area contributed by atoms with Crippen molar-refractivity contribution in [1.29, 1.82) is 5.26 Å². The first-order valence-electron chi connectivity index (χ1n) is 7.32. The zero-order valence-electron chi connectivity index (χ0n) is 11.7. The topological polar surface area (TPSA) is 68.2 Å². The van der Waals surface area contributed by atoms with Crippen molar-refractivity contribution in [1.82, 2.24) is 15.5 Å². The highest BCUT2D eigenvalue weighted by Gasteiger charge is 2.34. The summed E-state index contributed by atoms with van der Waals surface area (Å²) in [7, 11) is 0. The van der Waals surface area contributed by atoms with Crippen molar-refractivity contribution >= 4 is 5.91 Å². The van der Waals surface area contributed by atoms with Crippen LogP contribution in [0.4, 0.5) is 0 Å². The van der Waals surface area contributed by atoms with E-state index in [1.165, 1.54) is 6.42 Å². The highest BCUT2D eigenvalue weighted by atomic mass is 16.2. The van der Waals surface area contributed by atoms with E-state index in [0.717, 1.165) is 45.3 Å². The number of hydrogen-bond acceptors (Lipinski definition) is 4. The molecule has 1 atom stereocenters. The van der Waals surface area contributed by atoms with Gasteiger partial charge in [0, 0.05) is 25.7 Å². The van der Waals surface area contributed by atoms with Crippen LogP contribution in [0.25, 0.3) is 0 Å². The molecule has 2 aliphatic rings. The first-order chi connectivity index (χ1) is 9.15. The largest absolute Gasteiger partial charge is 0.337 e. The van der Waals surface area contributed by atoms with Crippen LogP contribution in [0, 0.1) is 11.3 Å². The summed E-state index contributed by atoms with van der Waals surface area (Å²) in [5.41, 5.74) is -0.605. The molecule has 2 rings (SSSR count). The van der Waals surface area contributed by atoms with Gasteiger partial charge >= 0.3 is 0 Å². The van der Waals surface area contributed by atoms with Gasteiger partial charge in [-0.25, -0.2) is 0 Å². The van der Waals surface area contributed by atoms with Crippen LogP contribution >= 0.6 is 0 Å². The maximum atomic E-state index is 12.2. The predicted molar refractivity (Wildman–Crippen MR) is 73.5 cm³/mol. The van der Waals surface area contributed by atoms with Gasteiger partial charge in [0.1, 0.15) is 5.54 Å². The van der Waals surface area contributed by atoms with Crippen molar-refractivity contribution < 1.29 is 4.79 Å². The van der Waals surface area contributed by atoms with E-state index in [-0.39, 0.29) is 5.91 Å². The lowest BCUT2D eigenvalue weighted by atomic mass is 9.83. The second kappa shape index (κ2) is 6.36. The second-order valence-electron chi connectivity index (χ2n) is 5.83. The molecule has 1 amide bonds. The van der Waals surface area contributed by atoms with Crippen molar-refractivity contribution in [2.24, 2.45) is 0 Å². The Bertz CT molecular complexity index is 357. The molecule has 0 aromatic rings. The lowest BCUT2D eigenvalue weighted by molar-refractivity contribution is -0.124. The molecule has 0 aromatic carbocycles. The molecule has 0 aromatic heterocycles. The Morgan fingerprint density at radius 3 is 2.84 bits per heavy atom. The third-order valence-electron chi connectivity index (χ3n) is 4.29. The maximum Gasteiger partial charge on any atom is 0.235 e. The summed E-state index contributed by atoms with van der Waals surface area (Å²) in [5.74, 6) is -0.00259. The van der Waals surface area contributed by atoms with Crippen LogP contribution in [-0.2, 0) is 4.79 Å². The molecular weight excluding hydrogens is 240 g/mol. The smallest absolute Gasteiger partial charge is 0.235 e. The zero-order chi connectivity index (χ0) is 13.7. The van der Waals surface area contributed by atoms with E-state index in [0.29, 0.717) is 12.6 Å². The molecule has 1 unspecified atom stereocenters. The molecule has 5 nitrogen and oxygen atoms in total. The van der Waals surface area contributed by atoms with E-state index in [9.17, 15) is 10.1 Å². The summed E-state index contributed by atoms with van der Waals surface area (Å²) >= 11 is 0. The van der Waals surface area contributed by atoms with E-state index in [2.05, 4.69) is 28.5 Å². The molecule has 1 aliphatic heterocycles. The monoisotopic (exact) mass is 264 g/mol. The first kappa shape index (κ1) is 14.3. The molecule has 0 bridgehead atoms. The molecule has 1 saturated carbocycles. The van der Waals surface area contributed by atoms with Gasteiger partial charge in [0.25, 0.3) is 0 Å². The fourth-order valence-electron chi connectivity index (χ4n) is 3.03. The summed E-state index contributed by atoms with van der Waals surface area (Å²) in [6.07, 6.45) is 4.85. The Balaban J connectivity index is 1.87. The van der Waals surface area contributed by atoms with Crippen LogP contribution < -0.4 is 10.6 Å². The fourth-order valence-corrected chi connectivity index (χ4v) is 3.03. The van der Waals surface area contributed by atoms with Crippen LogP contribution in [0.1, 0.15) is 39.0 Å². The highest BCUT2D eigenvalue weighted by molar-refractivity contribution is 5.79. The number of nitrogens with one attached hydrogen (secondary N) is 2. The van der Waals surface area contributed by atoms with Crippen LogP contribution in [0.5, 0.6) is 0 Å². The third kappa shape index (κ3) is 3.68. The quantitative estimate of drug-likeness (QED) is 0.784. The lowest BCUT2D eigenvalue weighted by Gasteiger charge is -2.35. The minimum atomic E-state index is -0.605. The standard InChI is InChI=1S/C14H24N4O/c1-12-9-16-7-8-18(12)10-13(19)17-14(11-15)5-3-2-4-6-14/h12,16H,2-10H2,1H3,(H,17,19). The van der Waals surface area contributed by atoms with E-state index < -0.39 is 5.54 Å². The molecule has 19 heavy (non-hydrogen) atoms. The van der Waals surface area contributed by atoms with Gasteiger partial charge in [-0.3, -0.25) is 9.69 Å². The number of nitrogens with zero attached hydrogens (tertiary/aromatic N) is 2. The molecule has 0 radical (unpaired) electrons. The average molecular weight is 264 g/mol. The van der Waals surface area contributed by atoms with Crippen LogP contribution in [0.3, 0.4) is 0 Å². The Morgan fingerprint density at radius 2 is 2.21 bits per heavy atom. The Kier molecular flexibility index (Phi) is 4.78. The number of piperazine rings is 1. The number of nitriles is 1. The fraction of sp³-hybridized carbons (Fsp3) is 0.857. The number of carbonyl (C=O) groups excluding carboxylic acids is 1. The Labute approximate surface area is 115 Å². The highest BCUT2D eigenvalue weighted by Crippen LogP contribution is 2.27. The molecule has 5 heteroatoms. The van der Waals surface area contributed by atoms with Gasteiger partial charge in [-0.15, -0.1) is 0 Å². The Hall–Kier alpha value is -1.12. The van der Waals surface area contributed by atoms with E-state index in [4.69, 9.17) is 0 Å². The molecule has 2 N–H and O–H groups in total. The van der Waals surface area contributed by atoms with Crippen molar-refractivity contribution in [3.8, 4) is 6.07 Å². The molecule has 1 heterocycles.